The van der Waals surface area contributed by atoms with Crippen LogP contribution in [0.3, 0.4) is 0 Å². The normalized spacial score (nSPS) is 10.7. The van der Waals surface area contributed by atoms with Crippen molar-refractivity contribution in [3.8, 4) is 5.75 Å². The topological polar surface area (TPSA) is 68.3 Å². The molecule has 134 valence electrons. The Bertz CT molecular complexity index is 1050. The molecule has 0 bridgehead atoms. The molecule has 1 aromatic heterocycles. The van der Waals surface area contributed by atoms with Gasteiger partial charge in [0.2, 0.25) is 0 Å². The van der Waals surface area contributed by atoms with Gasteiger partial charge in [-0.1, -0.05) is 48.5 Å². The van der Waals surface area contributed by atoms with E-state index in [9.17, 15) is 9.59 Å². The van der Waals surface area contributed by atoms with Gasteiger partial charge < -0.3 is 10.1 Å². The molecule has 0 aliphatic carbocycles. The van der Waals surface area contributed by atoms with Crippen LogP contribution in [0.15, 0.2) is 79.5 Å². The van der Waals surface area contributed by atoms with Crippen molar-refractivity contribution in [2.45, 2.75) is 0 Å². The lowest BCUT2D eigenvalue weighted by Gasteiger charge is -2.10. The second-order valence-electron chi connectivity index (χ2n) is 5.50. The number of amides is 1. The molecule has 1 amide bonds. The predicted molar refractivity (Wildman–Crippen MR) is 106 cm³/mol. The number of carbonyl (C=O) groups is 2. The number of hydrogen-bond acceptors (Lipinski definition) is 4. The van der Waals surface area contributed by atoms with Gasteiger partial charge in [-0.3, -0.25) is 9.78 Å². The molecule has 0 spiro atoms. The highest BCUT2D eigenvalue weighted by Gasteiger charge is 2.13. The van der Waals surface area contributed by atoms with Crippen molar-refractivity contribution in [1.82, 2.24) is 4.98 Å². The van der Waals surface area contributed by atoms with Crippen LogP contribution in [0.4, 0.5) is 5.69 Å². The number of halogens is 1. The van der Waals surface area contributed by atoms with Gasteiger partial charge in [-0.25, -0.2) is 4.79 Å². The number of ether oxygens (including phenoxy) is 1. The standard InChI is InChI=1S/C21H15ClN2O3/c1-2-3-9-19(25)27-18-13-15(10-11-16(18)22)21(26)24-17-8-4-6-14-7-5-12-23-20(14)17/h2-13H,1H2,(H,24,26)/b9-3+. The van der Waals surface area contributed by atoms with Crippen molar-refractivity contribution in [2.75, 3.05) is 5.32 Å². The quantitative estimate of drug-likeness (QED) is 0.300. The summed E-state index contributed by atoms with van der Waals surface area (Å²) in [6.45, 7) is 3.48. The Hall–Kier alpha value is -3.44. The van der Waals surface area contributed by atoms with Gasteiger partial charge >= 0.3 is 5.97 Å². The molecule has 0 radical (unpaired) electrons. The lowest BCUT2D eigenvalue weighted by atomic mass is 10.1. The van der Waals surface area contributed by atoms with Crippen LogP contribution in [0, 0.1) is 0 Å². The van der Waals surface area contributed by atoms with E-state index < -0.39 is 5.97 Å². The number of pyridine rings is 1. The number of nitrogens with zero attached hydrogens (tertiary/aromatic N) is 1. The highest BCUT2D eigenvalue weighted by Crippen LogP contribution is 2.27. The summed E-state index contributed by atoms with van der Waals surface area (Å²) in [5.74, 6) is -0.893. The first kappa shape index (κ1) is 18.4. The van der Waals surface area contributed by atoms with Crippen LogP contribution in [0.1, 0.15) is 10.4 Å². The molecule has 0 saturated carbocycles. The number of benzene rings is 2. The van der Waals surface area contributed by atoms with E-state index in [-0.39, 0.29) is 16.7 Å². The smallest absolute Gasteiger partial charge is 0.336 e. The number of aromatic nitrogens is 1. The van der Waals surface area contributed by atoms with E-state index in [1.165, 1.54) is 30.4 Å². The molecule has 0 atom stereocenters. The van der Waals surface area contributed by atoms with Gasteiger partial charge in [0, 0.05) is 23.2 Å². The van der Waals surface area contributed by atoms with Crippen LogP contribution in [0.5, 0.6) is 5.75 Å². The Morgan fingerprint density at radius 1 is 1.15 bits per heavy atom. The van der Waals surface area contributed by atoms with Crippen LogP contribution in [0.25, 0.3) is 10.9 Å². The third-order valence-corrected chi connectivity index (χ3v) is 3.97. The van der Waals surface area contributed by atoms with Crippen LogP contribution >= 0.6 is 11.6 Å². The molecule has 3 aromatic rings. The Balaban J connectivity index is 1.84. The number of anilines is 1. The van der Waals surface area contributed by atoms with E-state index in [2.05, 4.69) is 16.9 Å². The minimum absolute atomic E-state index is 0.0964. The van der Waals surface area contributed by atoms with E-state index >= 15 is 0 Å². The minimum Gasteiger partial charge on any atom is -0.422 e. The number of hydrogen-bond donors (Lipinski definition) is 1. The fourth-order valence-electron chi connectivity index (χ4n) is 2.41. The predicted octanol–water partition coefficient (Wildman–Crippen LogP) is 4.79. The second-order valence-corrected chi connectivity index (χ2v) is 5.90. The first-order valence-corrected chi connectivity index (χ1v) is 8.42. The third-order valence-electron chi connectivity index (χ3n) is 3.65. The molecule has 2 aromatic carbocycles. The summed E-state index contributed by atoms with van der Waals surface area (Å²) < 4.78 is 5.16. The van der Waals surface area contributed by atoms with Crippen LogP contribution in [-0.2, 0) is 4.79 Å². The van der Waals surface area contributed by atoms with Gasteiger partial charge in [-0.15, -0.1) is 0 Å². The Morgan fingerprint density at radius 2 is 1.96 bits per heavy atom. The number of allylic oxidation sites excluding steroid dienone is 2. The third kappa shape index (κ3) is 4.40. The second kappa shape index (κ2) is 8.29. The summed E-state index contributed by atoms with van der Waals surface area (Å²) in [5.41, 5.74) is 1.56. The van der Waals surface area contributed by atoms with Crippen molar-refractivity contribution in [3.05, 3.63) is 90.1 Å². The van der Waals surface area contributed by atoms with Crippen molar-refractivity contribution in [3.63, 3.8) is 0 Å². The summed E-state index contributed by atoms with van der Waals surface area (Å²) in [5, 5.41) is 3.96. The molecule has 0 unspecified atom stereocenters. The molecule has 6 heteroatoms. The molecule has 0 aliphatic heterocycles. The SMILES string of the molecule is C=C/C=C/C(=O)Oc1cc(C(=O)Nc2cccc3cccnc23)ccc1Cl. The van der Waals surface area contributed by atoms with E-state index in [1.54, 1.807) is 18.3 Å². The molecule has 3 rings (SSSR count). The maximum atomic E-state index is 12.6. The van der Waals surface area contributed by atoms with Crippen LogP contribution in [0.2, 0.25) is 5.02 Å². The fraction of sp³-hybridized carbons (Fsp3) is 0. The van der Waals surface area contributed by atoms with Gasteiger partial charge in [0.25, 0.3) is 5.91 Å². The number of para-hydroxylation sites is 1. The van der Waals surface area contributed by atoms with Gasteiger partial charge in [0.1, 0.15) is 0 Å². The molecular formula is C21H15ClN2O3. The molecule has 0 aliphatic rings. The average Bonchev–Trinajstić information content (AvgIpc) is 2.68. The molecule has 1 heterocycles. The highest BCUT2D eigenvalue weighted by molar-refractivity contribution is 6.32. The van der Waals surface area contributed by atoms with Crippen molar-refractivity contribution in [1.29, 1.82) is 0 Å². The first-order valence-electron chi connectivity index (χ1n) is 8.04. The molecular weight excluding hydrogens is 364 g/mol. The summed E-state index contributed by atoms with van der Waals surface area (Å²) in [7, 11) is 0. The monoisotopic (exact) mass is 378 g/mol. The Morgan fingerprint density at radius 3 is 2.78 bits per heavy atom. The van der Waals surface area contributed by atoms with Gasteiger partial charge in [0.05, 0.1) is 16.2 Å². The zero-order chi connectivity index (χ0) is 19.2. The van der Waals surface area contributed by atoms with E-state index in [1.807, 2.05) is 24.3 Å². The molecule has 0 saturated heterocycles. The summed E-state index contributed by atoms with van der Waals surface area (Å²) >= 11 is 6.05. The number of carbonyl (C=O) groups excluding carboxylic acids is 2. The van der Waals surface area contributed by atoms with Crippen LogP contribution < -0.4 is 10.1 Å². The van der Waals surface area contributed by atoms with Crippen molar-refractivity contribution in [2.24, 2.45) is 0 Å². The molecule has 5 nitrogen and oxygen atoms in total. The minimum atomic E-state index is -0.618. The summed E-state index contributed by atoms with van der Waals surface area (Å²) in [4.78, 5) is 28.7. The Kier molecular flexibility index (Phi) is 5.64. The number of fused-ring (bicyclic) bond motifs is 1. The molecule has 0 fully saturated rings. The maximum Gasteiger partial charge on any atom is 0.336 e. The summed E-state index contributed by atoms with van der Waals surface area (Å²) in [6.07, 6.45) is 5.76. The molecule has 1 N–H and O–H groups in total. The van der Waals surface area contributed by atoms with E-state index in [0.29, 0.717) is 16.8 Å². The number of nitrogens with one attached hydrogen (secondary N) is 1. The summed E-state index contributed by atoms with van der Waals surface area (Å²) in [6, 6.07) is 13.7. The number of esters is 1. The van der Waals surface area contributed by atoms with Crippen LogP contribution in [-0.4, -0.2) is 16.9 Å². The lowest BCUT2D eigenvalue weighted by molar-refractivity contribution is -0.128. The largest absolute Gasteiger partial charge is 0.422 e. The zero-order valence-corrected chi connectivity index (χ0v) is 14.9. The Labute approximate surface area is 160 Å². The highest BCUT2D eigenvalue weighted by atomic mass is 35.5. The lowest BCUT2D eigenvalue weighted by Crippen LogP contribution is -2.13. The maximum absolute atomic E-state index is 12.6. The molecule has 27 heavy (non-hydrogen) atoms. The van der Waals surface area contributed by atoms with E-state index in [0.717, 1.165) is 5.39 Å². The van der Waals surface area contributed by atoms with Gasteiger partial charge in [0.15, 0.2) is 5.75 Å². The number of rotatable bonds is 5. The van der Waals surface area contributed by atoms with Gasteiger partial charge in [-0.05, 0) is 30.3 Å². The fourth-order valence-corrected chi connectivity index (χ4v) is 2.57. The van der Waals surface area contributed by atoms with E-state index in [4.69, 9.17) is 16.3 Å². The average molecular weight is 379 g/mol. The first-order chi connectivity index (χ1) is 13.1. The van der Waals surface area contributed by atoms with Crippen molar-refractivity contribution < 1.29 is 14.3 Å². The van der Waals surface area contributed by atoms with Crippen molar-refractivity contribution >= 4 is 40.1 Å². The van der Waals surface area contributed by atoms with Gasteiger partial charge in [-0.2, -0.15) is 0 Å². The zero-order valence-electron chi connectivity index (χ0n) is 14.2.